The molecule has 0 bridgehead atoms. The van der Waals surface area contributed by atoms with Gasteiger partial charge in [-0.3, -0.25) is 4.79 Å². The molecular formula is C17H16N2O4S. The van der Waals surface area contributed by atoms with Crippen LogP contribution in [0, 0.1) is 4.91 Å². The van der Waals surface area contributed by atoms with Gasteiger partial charge in [0.2, 0.25) is 0 Å². The summed E-state index contributed by atoms with van der Waals surface area (Å²) in [5.74, 6) is -1.17. The van der Waals surface area contributed by atoms with E-state index in [1.54, 1.807) is 30.3 Å². The van der Waals surface area contributed by atoms with Gasteiger partial charge in [0, 0.05) is 27.9 Å². The minimum absolute atomic E-state index is 0.257. The molecule has 1 amide bonds. The van der Waals surface area contributed by atoms with E-state index >= 15 is 0 Å². The summed E-state index contributed by atoms with van der Waals surface area (Å²) in [6, 6.07) is 13.8. The molecule has 2 aromatic rings. The summed E-state index contributed by atoms with van der Waals surface area (Å²) in [6.45, 7) is 2.69. The highest BCUT2D eigenvalue weighted by Crippen LogP contribution is 2.29. The fraction of sp³-hybridized carbons (Fsp3) is 0.176. The highest BCUT2D eigenvalue weighted by molar-refractivity contribution is 8.00. The summed E-state index contributed by atoms with van der Waals surface area (Å²) >= 11 is 1.43. The van der Waals surface area contributed by atoms with E-state index < -0.39 is 5.91 Å². The molecule has 0 aromatic heterocycles. The van der Waals surface area contributed by atoms with Crippen LogP contribution in [0.4, 0.5) is 5.69 Å². The van der Waals surface area contributed by atoms with Crippen molar-refractivity contribution in [1.29, 1.82) is 0 Å². The lowest BCUT2D eigenvalue weighted by Gasteiger charge is -2.21. The Balaban J connectivity index is 2.19. The van der Waals surface area contributed by atoms with E-state index in [9.17, 15) is 14.5 Å². The number of hydrogen-bond donors (Lipinski definition) is 0. The van der Waals surface area contributed by atoms with E-state index in [0.29, 0.717) is 12.1 Å². The number of carbonyl (C=O) groups is 2. The predicted octanol–water partition coefficient (Wildman–Crippen LogP) is 3.91. The Hall–Kier alpha value is -2.67. The second kappa shape index (κ2) is 8.26. The number of hydrogen-bond acceptors (Lipinski definition) is 6. The number of rotatable bonds is 6. The summed E-state index contributed by atoms with van der Waals surface area (Å²) in [6.07, 6.45) is 0. The van der Waals surface area contributed by atoms with Crippen molar-refractivity contribution in [3.8, 4) is 0 Å². The van der Waals surface area contributed by atoms with Crippen LogP contribution in [0.5, 0.6) is 0 Å². The summed E-state index contributed by atoms with van der Waals surface area (Å²) in [4.78, 5) is 34.0. The molecule has 0 aliphatic heterocycles. The topological polar surface area (TPSA) is 76.0 Å². The Morgan fingerprint density at radius 3 is 2.42 bits per heavy atom. The van der Waals surface area contributed by atoms with Gasteiger partial charge in [0.05, 0.1) is 12.7 Å². The normalized spacial score (nSPS) is 10.1. The van der Waals surface area contributed by atoms with Gasteiger partial charge in [0.25, 0.3) is 0 Å². The van der Waals surface area contributed by atoms with E-state index in [-0.39, 0.29) is 11.5 Å². The number of anilines is 1. The van der Waals surface area contributed by atoms with Crippen molar-refractivity contribution in [1.82, 2.24) is 0 Å². The predicted molar refractivity (Wildman–Crippen MR) is 93.2 cm³/mol. The molecule has 0 N–H and O–H groups in total. The lowest BCUT2D eigenvalue weighted by Crippen LogP contribution is -2.13. The molecule has 0 radical (unpaired) electrons. The van der Waals surface area contributed by atoms with Crippen LogP contribution >= 0.6 is 11.9 Å². The van der Waals surface area contributed by atoms with Gasteiger partial charge in [-0.05, 0) is 61.3 Å². The number of carbonyl (C=O) groups excluding carboxylic acids is 2. The zero-order valence-corrected chi connectivity index (χ0v) is 14.1. The van der Waals surface area contributed by atoms with E-state index in [1.165, 1.54) is 19.1 Å². The van der Waals surface area contributed by atoms with E-state index in [4.69, 9.17) is 0 Å². The second-order valence-corrected chi connectivity index (χ2v) is 5.84. The average molecular weight is 344 g/mol. The fourth-order valence-corrected chi connectivity index (χ4v) is 2.98. The Labute approximate surface area is 143 Å². The van der Waals surface area contributed by atoms with Crippen LogP contribution in [-0.2, 0) is 4.74 Å². The van der Waals surface area contributed by atoms with E-state index in [2.05, 4.69) is 9.91 Å². The molecule has 6 nitrogen and oxygen atoms in total. The van der Waals surface area contributed by atoms with Gasteiger partial charge in [-0.15, -0.1) is 4.91 Å². The smallest absolute Gasteiger partial charge is 0.337 e. The highest BCUT2D eigenvalue weighted by Gasteiger charge is 2.11. The molecule has 0 aliphatic carbocycles. The van der Waals surface area contributed by atoms with Gasteiger partial charge in [-0.2, -0.15) is 0 Å². The summed E-state index contributed by atoms with van der Waals surface area (Å²) in [7, 11) is 1.34. The SMILES string of the molecule is CCN(Sc1cccc(C(=O)N=O)c1)c1ccc(C(=O)OC)cc1. The quantitative estimate of drug-likeness (QED) is 0.449. The van der Waals surface area contributed by atoms with Crippen molar-refractivity contribution < 1.29 is 14.3 Å². The first kappa shape index (κ1) is 17.7. The lowest BCUT2D eigenvalue weighted by atomic mass is 10.2. The maximum Gasteiger partial charge on any atom is 0.337 e. The first-order valence-electron chi connectivity index (χ1n) is 7.20. The first-order chi connectivity index (χ1) is 11.6. The number of ether oxygens (including phenoxy) is 1. The van der Waals surface area contributed by atoms with Gasteiger partial charge in [0.1, 0.15) is 0 Å². The van der Waals surface area contributed by atoms with Crippen LogP contribution in [0.3, 0.4) is 0 Å². The number of nitrogens with zero attached hydrogens (tertiary/aromatic N) is 2. The zero-order valence-electron chi connectivity index (χ0n) is 13.3. The summed E-state index contributed by atoms with van der Waals surface area (Å²) in [5, 5.41) is 2.44. The molecule has 0 fully saturated rings. The van der Waals surface area contributed by atoms with E-state index in [0.717, 1.165) is 10.6 Å². The zero-order chi connectivity index (χ0) is 17.5. The molecule has 0 saturated heterocycles. The molecule has 124 valence electrons. The highest BCUT2D eigenvalue weighted by atomic mass is 32.2. The first-order valence-corrected chi connectivity index (χ1v) is 7.98. The van der Waals surface area contributed by atoms with Gasteiger partial charge in [-0.1, -0.05) is 6.07 Å². The molecular weight excluding hydrogens is 328 g/mol. The third-order valence-corrected chi connectivity index (χ3v) is 4.40. The van der Waals surface area contributed by atoms with Crippen LogP contribution in [0.1, 0.15) is 27.6 Å². The van der Waals surface area contributed by atoms with Crippen LogP contribution < -0.4 is 4.31 Å². The molecule has 7 heteroatoms. The summed E-state index contributed by atoms with van der Waals surface area (Å²) in [5.41, 5.74) is 1.64. The molecule has 0 atom stereocenters. The monoisotopic (exact) mass is 344 g/mol. The Bertz CT molecular complexity index is 747. The maximum atomic E-state index is 11.5. The molecule has 2 rings (SSSR count). The van der Waals surface area contributed by atoms with Crippen LogP contribution in [0.15, 0.2) is 58.6 Å². The maximum absolute atomic E-state index is 11.5. The third kappa shape index (κ3) is 4.20. The van der Waals surface area contributed by atoms with Crippen molar-refractivity contribution in [2.24, 2.45) is 5.18 Å². The molecule has 2 aromatic carbocycles. The number of methoxy groups -OCH3 is 1. The van der Waals surface area contributed by atoms with Crippen molar-refractivity contribution >= 4 is 29.5 Å². The minimum atomic E-state index is -0.789. The Kier molecular flexibility index (Phi) is 6.08. The fourth-order valence-electron chi connectivity index (χ4n) is 2.05. The number of amides is 1. The standard InChI is InChI=1S/C17H16N2O4S/c1-3-19(14-9-7-12(8-10-14)17(21)23-2)24-15-6-4-5-13(11-15)16(20)18-22/h4-11H,3H2,1-2H3. The van der Waals surface area contributed by atoms with Crippen molar-refractivity contribution in [3.63, 3.8) is 0 Å². The Morgan fingerprint density at radius 2 is 1.83 bits per heavy atom. The number of nitroso groups, excluding NO2 is 1. The molecule has 24 heavy (non-hydrogen) atoms. The average Bonchev–Trinajstić information content (AvgIpc) is 2.65. The van der Waals surface area contributed by atoms with Gasteiger partial charge in [-0.25, -0.2) is 4.79 Å². The third-order valence-electron chi connectivity index (χ3n) is 3.24. The molecule has 0 heterocycles. The van der Waals surface area contributed by atoms with Gasteiger partial charge < -0.3 is 9.04 Å². The van der Waals surface area contributed by atoms with Crippen LogP contribution in [-0.4, -0.2) is 25.5 Å². The Morgan fingerprint density at radius 1 is 1.12 bits per heavy atom. The molecule has 0 unspecified atom stereocenters. The number of esters is 1. The van der Waals surface area contributed by atoms with Crippen molar-refractivity contribution in [3.05, 3.63) is 64.6 Å². The molecule has 0 spiro atoms. The van der Waals surface area contributed by atoms with E-state index in [1.807, 2.05) is 29.4 Å². The summed E-state index contributed by atoms with van der Waals surface area (Å²) < 4.78 is 6.68. The second-order valence-electron chi connectivity index (χ2n) is 4.75. The minimum Gasteiger partial charge on any atom is -0.465 e. The van der Waals surface area contributed by atoms with Crippen LogP contribution in [0.25, 0.3) is 0 Å². The van der Waals surface area contributed by atoms with Crippen LogP contribution in [0.2, 0.25) is 0 Å². The lowest BCUT2D eigenvalue weighted by molar-refractivity contribution is 0.0600. The largest absolute Gasteiger partial charge is 0.465 e. The van der Waals surface area contributed by atoms with Crippen molar-refractivity contribution in [2.45, 2.75) is 11.8 Å². The number of benzene rings is 2. The molecule has 0 saturated carbocycles. The van der Waals surface area contributed by atoms with Gasteiger partial charge in [0.15, 0.2) is 0 Å². The van der Waals surface area contributed by atoms with Crippen molar-refractivity contribution in [2.75, 3.05) is 18.0 Å². The molecule has 0 aliphatic rings. The van der Waals surface area contributed by atoms with Gasteiger partial charge >= 0.3 is 11.9 Å².